The van der Waals surface area contributed by atoms with Crippen molar-refractivity contribution in [3.8, 4) is 11.3 Å². The molecule has 1 atom stereocenters. The summed E-state index contributed by atoms with van der Waals surface area (Å²) in [5.41, 5.74) is -0.0606. The molecule has 0 bridgehead atoms. The van der Waals surface area contributed by atoms with Gasteiger partial charge in [0.2, 0.25) is 5.95 Å². The van der Waals surface area contributed by atoms with E-state index in [9.17, 15) is 18.0 Å². The van der Waals surface area contributed by atoms with Crippen LogP contribution < -0.4 is 16.0 Å². The van der Waals surface area contributed by atoms with Gasteiger partial charge in [-0.25, -0.2) is 14.8 Å². The number of nitrogens with zero attached hydrogens (tertiary/aromatic N) is 2. The SMILES string of the molecule is CCOC(=O)Nc1cccc2c(-c3nc(N[C@H]4CCCNC4)ncc3C(F)(F)F)c[nH]c12. The van der Waals surface area contributed by atoms with Gasteiger partial charge in [-0.1, -0.05) is 12.1 Å². The van der Waals surface area contributed by atoms with Gasteiger partial charge in [0.15, 0.2) is 0 Å². The first-order valence-corrected chi connectivity index (χ1v) is 10.3. The van der Waals surface area contributed by atoms with Crippen molar-refractivity contribution >= 4 is 28.6 Å². The van der Waals surface area contributed by atoms with Crippen LogP contribution in [0.25, 0.3) is 22.2 Å². The highest BCUT2D eigenvalue weighted by atomic mass is 19.4. The number of H-pyrrole nitrogens is 1. The van der Waals surface area contributed by atoms with Crippen molar-refractivity contribution in [1.29, 1.82) is 0 Å². The number of aromatic amines is 1. The van der Waals surface area contributed by atoms with Crippen molar-refractivity contribution < 1.29 is 22.7 Å². The van der Waals surface area contributed by atoms with E-state index in [1.54, 1.807) is 25.1 Å². The highest BCUT2D eigenvalue weighted by Gasteiger charge is 2.36. The monoisotopic (exact) mass is 448 g/mol. The van der Waals surface area contributed by atoms with Gasteiger partial charge in [0.1, 0.15) is 5.56 Å². The summed E-state index contributed by atoms with van der Waals surface area (Å²) in [6.07, 6.45) is -1.19. The average Bonchev–Trinajstić information content (AvgIpc) is 3.19. The lowest BCUT2D eigenvalue weighted by Crippen LogP contribution is -2.38. The Morgan fingerprint density at radius 1 is 1.34 bits per heavy atom. The largest absolute Gasteiger partial charge is 0.450 e. The van der Waals surface area contributed by atoms with Gasteiger partial charge in [-0.2, -0.15) is 13.2 Å². The van der Waals surface area contributed by atoms with Crippen molar-refractivity contribution in [3.05, 3.63) is 36.2 Å². The molecule has 0 spiro atoms. The molecule has 3 aromatic rings. The molecule has 4 N–H and O–H groups in total. The highest BCUT2D eigenvalue weighted by molar-refractivity contribution is 6.04. The molecule has 8 nitrogen and oxygen atoms in total. The fourth-order valence-corrected chi connectivity index (χ4v) is 3.75. The number of anilines is 2. The molecule has 1 saturated heterocycles. The van der Waals surface area contributed by atoms with Gasteiger partial charge in [0, 0.05) is 35.9 Å². The van der Waals surface area contributed by atoms with Crippen LogP contribution >= 0.6 is 0 Å². The number of rotatable bonds is 5. The summed E-state index contributed by atoms with van der Waals surface area (Å²) < 4.78 is 46.2. The van der Waals surface area contributed by atoms with E-state index < -0.39 is 17.8 Å². The van der Waals surface area contributed by atoms with Crippen molar-refractivity contribution in [2.45, 2.75) is 32.0 Å². The molecular formula is C21H23F3N6O2. The Morgan fingerprint density at radius 3 is 2.91 bits per heavy atom. The smallest absolute Gasteiger partial charge is 0.419 e. The Bertz CT molecular complexity index is 1110. The molecule has 0 unspecified atom stereocenters. The van der Waals surface area contributed by atoms with Crippen LogP contribution in [0.15, 0.2) is 30.6 Å². The number of aromatic nitrogens is 3. The normalized spacial score (nSPS) is 16.7. The van der Waals surface area contributed by atoms with E-state index in [0.29, 0.717) is 23.1 Å². The lowest BCUT2D eigenvalue weighted by atomic mass is 10.0. The Balaban J connectivity index is 1.75. The van der Waals surface area contributed by atoms with Gasteiger partial charge in [-0.3, -0.25) is 5.32 Å². The van der Waals surface area contributed by atoms with Crippen LogP contribution in [-0.4, -0.2) is 46.8 Å². The summed E-state index contributed by atoms with van der Waals surface area (Å²) in [6, 6.07) is 4.98. The second-order valence-electron chi connectivity index (χ2n) is 7.42. The number of hydrogen-bond donors (Lipinski definition) is 4. The van der Waals surface area contributed by atoms with E-state index in [0.717, 1.165) is 25.6 Å². The summed E-state index contributed by atoms with van der Waals surface area (Å²) in [4.78, 5) is 22.9. The van der Waals surface area contributed by atoms with Crippen LogP contribution in [0.5, 0.6) is 0 Å². The second kappa shape index (κ2) is 9.03. The van der Waals surface area contributed by atoms with E-state index in [1.807, 2.05) is 0 Å². The molecule has 170 valence electrons. The molecule has 2 aromatic heterocycles. The second-order valence-corrected chi connectivity index (χ2v) is 7.42. The summed E-state index contributed by atoms with van der Waals surface area (Å²) in [5.74, 6) is 0.136. The highest BCUT2D eigenvalue weighted by Crippen LogP contribution is 2.39. The number of hydrogen-bond acceptors (Lipinski definition) is 6. The molecule has 32 heavy (non-hydrogen) atoms. The molecule has 1 aliphatic rings. The maximum Gasteiger partial charge on any atom is 0.419 e. The predicted octanol–water partition coefficient (Wildman–Crippen LogP) is 4.38. The van der Waals surface area contributed by atoms with Crippen molar-refractivity contribution in [2.24, 2.45) is 0 Å². The van der Waals surface area contributed by atoms with Crippen LogP contribution in [0.2, 0.25) is 0 Å². The topological polar surface area (TPSA) is 104 Å². The summed E-state index contributed by atoms with van der Waals surface area (Å²) >= 11 is 0. The third kappa shape index (κ3) is 4.62. The molecule has 1 aromatic carbocycles. The predicted molar refractivity (Wildman–Crippen MR) is 114 cm³/mol. The van der Waals surface area contributed by atoms with Gasteiger partial charge in [0.05, 0.1) is 23.5 Å². The quantitative estimate of drug-likeness (QED) is 0.462. The Hall–Kier alpha value is -3.34. The molecule has 1 aliphatic heterocycles. The zero-order chi connectivity index (χ0) is 22.7. The molecule has 0 saturated carbocycles. The van der Waals surface area contributed by atoms with Crippen molar-refractivity contribution in [3.63, 3.8) is 0 Å². The standard InChI is InChI=1S/C21H23F3N6O2/c1-2-32-20(31)29-16-7-3-6-13-14(10-26-18(13)16)17-15(21(22,23)24)11-27-19(30-17)28-12-5-4-8-25-9-12/h3,6-7,10-12,25-26H,2,4-5,8-9H2,1H3,(H,29,31)(H,27,28,30)/t12-/m0/s1. The number of fused-ring (bicyclic) bond motifs is 1. The zero-order valence-corrected chi connectivity index (χ0v) is 17.3. The van der Waals surface area contributed by atoms with E-state index in [2.05, 4.69) is 30.9 Å². The molecule has 3 heterocycles. The fourth-order valence-electron chi connectivity index (χ4n) is 3.75. The Labute approximate surface area is 182 Å². The van der Waals surface area contributed by atoms with Gasteiger partial charge >= 0.3 is 12.3 Å². The number of nitrogens with one attached hydrogen (secondary N) is 4. The lowest BCUT2D eigenvalue weighted by Gasteiger charge is -2.24. The first kappa shape index (κ1) is 21.9. The summed E-state index contributed by atoms with van der Waals surface area (Å²) in [7, 11) is 0. The number of piperidine rings is 1. The maximum atomic E-state index is 13.8. The molecule has 1 amide bonds. The zero-order valence-electron chi connectivity index (χ0n) is 17.3. The van der Waals surface area contributed by atoms with E-state index >= 15 is 0 Å². The van der Waals surface area contributed by atoms with E-state index in [1.165, 1.54) is 6.20 Å². The minimum absolute atomic E-state index is 0.0386. The molecule has 0 radical (unpaired) electrons. The molecule has 4 rings (SSSR count). The van der Waals surface area contributed by atoms with Gasteiger partial charge in [-0.05, 0) is 32.4 Å². The van der Waals surface area contributed by atoms with Crippen LogP contribution in [0, 0.1) is 0 Å². The molecule has 1 fully saturated rings. The van der Waals surface area contributed by atoms with Crippen LogP contribution in [-0.2, 0) is 10.9 Å². The summed E-state index contributed by atoms with van der Waals surface area (Å²) in [6.45, 7) is 3.47. The third-order valence-electron chi connectivity index (χ3n) is 5.21. The van der Waals surface area contributed by atoms with Crippen LogP contribution in [0.1, 0.15) is 25.3 Å². The number of alkyl halides is 3. The first-order valence-electron chi connectivity index (χ1n) is 10.3. The number of para-hydroxylation sites is 1. The first-order chi connectivity index (χ1) is 15.4. The van der Waals surface area contributed by atoms with Gasteiger partial charge < -0.3 is 20.4 Å². The van der Waals surface area contributed by atoms with Crippen molar-refractivity contribution in [2.75, 3.05) is 30.3 Å². The Kier molecular flexibility index (Phi) is 6.17. The number of ether oxygens (including phenoxy) is 1. The molecular weight excluding hydrogens is 425 g/mol. The van der Waals surface area contributed by atoms with Gasteiger partial charge in [-0.15, -0.1) is 0 Å². The lowest BCUT2D eigenvalue weighted by molar-refractivity contribution is -0.137. The number of carbonyl (C=O) groups excluding carboxylic acids is 1. The van der Waals surface area contributed by atoms with Crippen LogP contribution in [0.3, 0.4) is 0 Å². The number of amides is 1. The van der Waals surface area contributed by atoms with Gasteiger partial charge in [0.25, 0.3) is 0 Å². The van der Waals surface area contributed by atoms with E-state index in [4.69, 9.17) is 4.74 Å². The number of halogens is 3. The minimum Gasteiger partial charge on any atom is -0.450 e. The Morgan fingerprint density at radius 2 is 2.19 bits per heavy atom. The van der Waals surface area contributed by atoms with Crippen molar-refractivity contribution in [1.82, 2.24) is 20.3 Å². The van der Waals surface area contributed by atoms with Crippen LogP contribution in [0.4, 0.5) is 29.6 Å². The fraction of sp³-hybridized carbons (Fsp3) is 0.381. The van der Waals surface area contributed by atoms with E-state index in [-0.39, 0.29) is 29.9 Å². The number of carbonyl (C=O) groups is 1. The number of benzene rings is 1. The third-order valence-corrected chi connectivity index (χ3v) is 5.21. The molecule has 0 aliphatic carbocycles. The summed E-state index contributed by atoms with van der Waals surface area (Å²) in [5, 5.41) is 9.44. The minimum atomic E-state index is -4.63. The maximum absolute atomic E-state index is 13.8. The average molecular weight is 448 g/mol. The molecule has 11 heteroatoms.